The number of hydrogen-bond acceptors (Lipinski definition) is 2. The molecular weight excluding hydrogens is 288 g/mol. The van der Waals surface area contributed by atoms with Gasteiger partial charge in [-0.2, -0.15) is 0 Å². The van der Waals surface area contributed by atoms with Crippen molar-refractivity contribution in [3.05, 3.63) is 35.3 Å². The molecule has 0 aliphatic heterocycles. The van der Waals surface area contributed by atoms with E-state index in [1.165, 1.54) is 54.8 Å². The standard InChI is InChI=1S/C19H24N2S/c1-2-18(22-5-1)17-4-3-16(21-17)12-20-19-9-13-6-14(10-19)8-15(7-13)11-19/h1-5,13-15,20-21H,6-12H2. The Kier molecular flexibility index (Phi) is 3.02. The third-order valence-electron chi connectivity index (χ3n) is 6.23. The van der Waals surface area contributed by atoms with Crippen LogP contribution in [-0.2, 0) is 6.54 Å². The number of nitrogens with one attached hydrogen (secondary N) is 2. The third-order valence-corrected chi connectivity index (χ3v) is 7.13. The molecule has 0 amide bonds. The zero-order valence-corrected chi connectivity index (χ0v) is 13.8. The van der Waals surface area contributed by atoms with Gasteiger partial charge in [0.05, 0.1) is 10.6 Å². The van der Waals surface area contributed by atoms with Crippen LogP contribution < -0.4 is 5.32 Å². The Morgan fingerprint density at radius 3 is 2.41 bits per heavy atom. The lowest BCUT2D eigenvalue weighted by Gasteiger charge is -2.57. The minimum atomic E-state index is 0.461. The maximum absolute atomic E-state index is 3.97. The highest BCUT2D eigenvalue weighted by Crippen LogP contribution is 2.55. The van der Waals surface area contributed by atoms with Crippen molar-refractivity contribution in [1.29, 1.82) is 0 Å². The SMILES string of the molecule is c1csc(-c2ccc(CNC34CC5CC(CC(C5)C3)C4)[nH]2)c1. The number of rotatable bonds is 4. The molecule has 4 bridgehead atoms. The maximum atomic E-state index is 3.97. The van der Waals surface area contributed by atoms with Gasteiger partial charge in [0.2, 0.25) is 0 Å². The Balaban J connectivity index is 1.29. The molecule has 4 fully saturated rings. The number of thiophene rings is 1. The summed E-state index contributed by atoms with van der Waals surface area (Å²) in [6.07, 6.45) is 8.84. The van der Waals surface area contributed by atoms with Crippen LogP contribution >= 0.6 is 11.3 Å². The predicted molar refractivity (Wildman–Crippen MR) is 91.8 cm³/mol. The molecule has 2 aromatic rings. The fourth-order valence-electron chi connectivity index (χ4n) is 5.73. The molecule has 2 heterocycles. The summed E-state index contributed by atoms with van der Waals surface area (Å²) in [7, 11) is 0. The second-order valence-electron chi connectivity index (χ2n) is 7.93. The maximum Gasteiger partial charge on any atom is 0.0557 e. The molecule has 0 unspecified atom stereocenters. The molecule has 116 valence electrons. The van der Waals surface area contributed by atoms with Crippen LogP contribution in [0.15, 0.2) is 29.6 Å². The zero-order chi connectivity index (χ0) is 14.6. The van der Waals surface area contributed by atoms with Gasteiger partial charge >= 0.3 is 0 Å². The Hall–Kier alpha value is -1.06. The lowest BCUT2D eigenvalue weighted by atomic mass is 9.53. The highest BCUT2D eigenvalue weighted by molar-refractivity contribution is 7.13. The molecule has 22 heavy (non-hydrogen) atoms. The molecular formula is C19H24N2S. The summed E-state index contributed by atoms with van der Waals surface area (Å²) in [6, 6.07) is 8.78. The van der Waals surface area contributed by atoms with Crippen LogP contribution in [-0.4, -0.2) is 10.5 Å². The summed E-state index contributed by atoms with van der Waals surface area (Å²) >= 11 is 1.80. The fraction of sp³-hybridized carbons (Fsp3) is 0.579. The molecule has 6 rings (SSSR count). The zero-order valence-electron chi connectivity index (χ0n) is 13.0. The molecule has 4 saturated carbocycles. The lowest BCUT2D eigenvalue weighted by Crippen LogP contribution is -2.58. The van der Waals surface area contributed by atoms with Crippen molar-refractivity contribution in [2.45, 2.75) is 50.6 Å². The van der Waals surface area contributed by atoms with Crippen LogP contribution in [0.4, 0.5) is 0 Å². The minimum Gasteiger partial charge on any atom is -0.357 e. The second kappa shape index (κ2) is 4.97. The monoisotopic (exact) mass is 312 g/mol. The van der Waals surface area contributed by atoms with Crippen molar-refractivity contribution in [2.75, 3.05) is 0 Å². The van der Waals surface area contributed by atoms with E-state index >= 15 is 0 Å². The molecule has 0 radical (unpaired) electrons. The van der Waals surface area contributed by atoms with E-state index in [9.17, 15) is 0 Å². The number of aromatic nitrogens is 1. The van der Waals surface area contributed by atoms with E-state index in [2.05, 4.69) is 39.9 Å². The molecule has 2 N–H and O–H groups in total. The van der Waals surface area contributed by atoms with Gasteiger partial charge in [-0.05, 0) is 79.9 Å². The van der Waals surface area contributed by atoms with Gasteiger partial charge < -0.3 is 10.3 Å². The van der Waals surface area contributed by atoms with E-state index < -0.39 is 0 Å². The van der Waals surface area contributed by atoms with Crippen LogP contribution in [0.3, 0.4) is 0 Å². The van der Waals surface area contributed by atoms with E-state index in [0.29, 0.717) is 5.54 Å². The van der Waals surface area contributed by atoms with Crippen molar-refractivity contribution in [2.24, 2.45) is 17.8 Å². The summed E-state index contributed by atoms with van der Waals surface area (Å²) in [4.78, 5) is 4.93. The van der Waals surface area contributed by atoms with Crippen molar-refractivity contribution in [3.63, 3.8) is 0 Å². The fourth-order valence-corrected chi connectivity index (χ4v) is 6.44. The lowest BCUT2D eigenvalue weighted by molar-refractivity contribution is -0.0207. The Labute approximate surface area is 136 Å². The van der Waals surface area contributed by atoms with Gasteiger partial charge in [-0.15, -0.1) is 11.3 Å². The number of aromatic amines is 1. The van der Waals surface area contributed by atoms with Gasteiger partial charge in [-0.1, -0.05) is 6.07 Å². The van der Waals surface area contributed by atoms with Crippen LogP contribution in [0.1, 0.15) is 44.2 Å². The van der Waals surface area contributed by atoms with Crippen molar-refractivity contribution >= 4 is 11.3 Å². The summed E-state index contributed by atoms with van der Waals surface area (Å²) in [5, 5.41) is 6.12. The molecule has 2 aromatic heterocycles. The van der Waals surface area contributed by atoms with E-state index in [0.717, 1.165) is 24.3 Å². The van der Waals surface area contributed by atoms with Gasteiger partial charge in [-0.3, -0.25) is 0 Å². The molecule has 4 aliphatic carbocycles. The Morgan fingerprint density at radius 2 is 1.77 bits per heavy atom. The molecule has 0 spiro atoms. The molecule has 0 aromatic carbocycles. The number of hydrogen-bond donors (Lipinski definition) is 2. The smallest absolute Gasteiger partial charge is 0.0557 e. The van der Waals surface area contributed by atoms with Gasteiger partial charge in [0, 0.05) is 17.8 Å². The van der Waals surface area contributed by atoms with Crippen LogP contribution in [0.25, 0.3) is 10.6 Å². The highest BCUT2D eigenvalue weighted by Gasteiger charge is 2.50. The van der Waals surface area contributed by atoms with Crippen molar-refractivity contribution in [3.8, 4) is 10.6 Å². The normalized spacial score (nSPS) is 36.1. The van der Waals surface area contributed by atoms with E-state index in [1.807, 2.05) is 0 Å². The van der Waals surface area contributed by atoms with Crippen molar-refractivity contribution < 1.29 is 0 Å². The summed E-state index contributed by atoms with van der Waals surface area (Å²) in [5.74, 6) is 3.05. The highest BCUT2D eigenvalue weighted by atomic mass is 32.1. The Bertz CT molecular complexity index is 620. The molecule has 0 atom stereocenters. The summed E-state index contributed by atoms with van der Waals surface area (Å²) in [6.45, 7) is 0.998. The van der Waals surface area contributed by atoms with E-state index in [-0.39, 0.29) is 0 Å². The minimum absolute atomic E-state index is 0.461. The molecule has 3 heteroatoms. The molecule has 4 aliphatic rings. The third kappa shape index (κ3) is 2.26. The largest absolute Gasteiger partial charge is 0.357 e. The number of H-pyrrole nitrogens is 1. The average Bonchev–Trinajstić information content (AvgIpc) is 3.15. The first kappa shape index (κ1) is 13.4. The predicted octanol–water partition coefficient (Wildman–Crippen LogP) is 4.80. The van der Waals surface area contributed by atoms with Crippen LogP contribution in [0, 0.1) is 17.8 Å². The van der Waals surface area contributed by atoms with Gasteiger partial charge in [-0.25, -0.2) is 0 Å². The topological polar surface area (TPSA) is 27.8 Å². The van der Waals surface area contributed by atoms with Gasteiger partial charge in [0.25, 0.3) is 0 Å². The van der Waals surface area contributed by atoms with E-state index in [1.54, 1.807) is 11.3 Å². The average molecular weight is 312 g/mol. The first-order chi connectivity index (χ1) is 10.8. The first-order valence-corrected chi connectivity index (χ1v) is 9.63. The molecule has 0 saturated heterocycles. The van der Waals surface area contributed by atoms with Gasteiger partial charge in [0.1, 0.15) is 0 Å². The quantitative estimate of drug-likeness (QED) is 0.833. The Morgan fingerprint density at radius 1 is 1.05 bits per heavy atom. The molecule has 2 nitrogen and oxygen atoms in total. The second-order valence-corrected chi connectivity index (χ2v) is 8.87. The van der Waals surface area contributed by atoms with Crippen LogP contribution in [0.2, 0.25) is 0 Å². The van der Waals surface area contributed by atoms with E-state index in [4.69, 9.17) is 0 Å². The first-order valence-electron chi connectivity index (χ1n) is 8.75. The van der Waals surface area contributed by atoms with Gasteiger partial charge in [0.15, 0.2) is 0 Å². The summed E-state index contributed by atoms with van der Waals surface area (Å²) < 4.78 is 0. The van der Waals surface area contributed by atoms with Crippen molar-refractivity contribution in [1.82, 2.24) is 10.3 Å². The van der Waals surface area contributed by atoms with Crippen LogP contribution in [0.5, 0.6) is 0 Å². The summed E-state index contributed by atoms with van der Waals surface area (Å²) in [5.41, 5.74) is 3.06.